The van der Waals surface area contributed by atoms with Gasteiger partial charge in [0, 0.05) is 16.8 Å². The molecule has 9 heteroatoms. The van der Waals surface area contributed by atoms with Gasteiger partial charge in [-0.25, -0.2) is 15.0 Å². The zero-order chi connectivity index (χ0) is 19.3. The summed E-state index contributed by atoms with van der Waals surface area (Å²) in [5.41, 5.74) is 5.43. The van der Waals surface area contributed by atoms with Gasteiger partial charge in [0.2, 0.25) is 0 Å². The highest BCUT2D eigenvalue weighted by atomic mass is 19.3. The van der Waals surface area contributed by atoms with Gasteiger partial charge in [0.05, 0.1) is 12.4 Å². The molecule has 0 aliphatic heterocycles. The van der Waals surface area contributed by atoms with E-state index in [0.29, 0.717) is 5.56 Å². The lowest BCUT2D eigenvalue weighted by Gasteiger charge is -2.16. The van der Waals surface area contributed by atoms with Crippen LogP contribution in [0.2, 0.25) is 0 Å². The van der Waals surface area contributed by atoms with Crippen LogP contribution in [0, 0.1) is 10.8 Å². The summed E-state index contributed by atoms with van der Waals surface area (Å²) in [5.74, 6) is -5.14. The molecular weight excluding hydrogens is 342 g/mol. The largest absolute Gasteiger partial charge is 0.505 e. The van der Waals surface area contributed by atoms with Crippen LogP contribution in [-0.2, 0) is 5.92 Å². The maximum atomic E-state index is 14.6. The SMILES string of the molecule is CC(=N)/C=C\C(=N)N=C(N)C(F)(F)c1cccc(-c2ncc(O)cn2)c1. The molecule has 1 heterocycles. The molecule has 134 valence electrons. The molecule has 0 unspecified atom stereocenters. The molecule has 7 nitrogen and oxygen atoms in total. The van der Waals surface area contributed by atoms with Crippen LogP contribution in [0.4, 0.5) is 8.78 Å². The topological polar surface area (TPSA) is 132 Å². The molecule has 0 atom stereocenters. The summed E-state index contributed by atoms with van der Waals surface area (Å²) < 4.78 is 29.1. The van der Waals surface area contributed by atoms with E-state index in [9.17, 15) is 13.9 Å². The first-order chi connectivity index (χ1) is 12.2. The van der Waals surface area contributed by atoms with Gasteiger partial charge in [-0.2, -0.15) is 8.78 Å². The van der Waals surface area contributed by atoms with E-state index in [4.69, 9.17) is 16.6 Å². The fraction of sp³-hybridized carbons (Fsp3) is 0.118. The van der Waals surface area contributed by atoms with Crippen molar-refractivity contribution in [3.8, 4) is 17.1 Å². The van der Waals surface area contributed by atoms with E-state index in [1.165, 1.54) is 31.2 Å². The lowest BCUT2D eigenvalue weighted by atomic mass is 10.0. The molecule has 26 heavy (non-hydrogen) atoms. The molecule has 0 amide bonds. The average molecular weight is 358 g/mol. The van der Waals surface area contributed by atoms with E-state index >= 15 is 0 Å². The minimum Gasteiger partial charge on any atom is -0.505 e. The number of nitrogens with two attached hydrogens (primary N) is 1. The number of aromatic nitrogens is 2. The number of halogens is 2. The highest BCUT2D eigenvalue weighted by Gasteiger charge is 2.37. The quantitative estimate of drug-likeness (QED) is 0.483. The third kappa shape index (κ3) is 4.53. The second-order valence-electron chi connectivity index (χ2n) is 5.32. The molecule has 0 radical (unpaired) electrons. The highest BCUT2D eigenvalue weighted by molar-refractivity contribution is 6.05. The third-order valence-electron chi connectivity index (χ3n) is 3.18. The fourth-order valence-corrected chi connectivity index (χ4v) is 1.91. The summed E-state index contributed by atoms with van der Waals surface area (Å²) >= 11 is 0. The Morgan fingerprint density at radius 1 is 1.23 bits per heavy atom. The zero-order valence-electron chi connectivity index (χ0n) is 13.7. The number of hydrogen-bond acceptors (Lipinski definition) is 5. The highest BCUT2D eigenvalue weighted by Crippen LogP contribution is 2.30. The number of benzene rings is 1. The fourth-order valence-electron chi connectivity index (χ4n) is 1.91. The number of allylic oxidation sites excluding steroid dienone is 1. The Morgan fingerprint density at radius 2 is 1.88 bits per heavy atom. The maximum Gasteiger partial charge on any atom is 0.329 e. The van der Waals surface area contributed by atoms with Crippen LogP contribution in [0.3, 0.4) is 0 Å². The van der Waals surface area contributed by atoms with Crippen LogP contribution in [0.25, 0.3) is 11.4 Å². The molecule has 0 aliphatic rings. The molecule has 2 aromatic rings. The van der Waals surface area contributed by atoms with Crippen molar-refractivity contribution >= 4 is 17.4 Å². The molecule has 0 spiro atoms. The summed E-state index contributed by atoms with van der Waals surface area (Å²) in [4.78, 5) is 11.1. The van der Waals surface area contributed by atoms with Gasteiger partial charge in [0.25, 0.3) is 0 Å². The number of nitrogens with one attached hydrogen (secondary N) is 2. The standard InChI is InChI=1S/C17H16F2N6O/c1-10(20)5-6-14(21)25-16(22)17(18,19)12-4-2-3-11(7-12)15-23-8-13(26)9-24-15/h2-9,20,26H,1H3,(H3,21,22,25)/b6-5-,20-10?. The van der Waals surface area contributed by atoms with E-state index in [1.54, 1.807) is 0 Å². The lowest BCUT2D eigenvalue weighted by Crippen LogP contribution is -2.34. The predicted octanol–water partition coefficient (Wildman–Crippen LogP) is 2.87. The Kier molecular flexibility index (Phi) is 5.51. The van der Waals surface area contributed by atoms with Gasteiger partial charge in [0.1, 0.15) is 5.84 Å². The van der Waals surface area contributed by atoms with E-state index in [0.717, 1.165) is 24.5 Å². The molecule has 0 aliphatic carbocycles. The zero-order valence-corrected chi connectivity index (χ0v) is 13.7. The van der Waals surface area contributed by atoms with Crippen LogP contribution >= 0.6 is 0 Å². The third-order valence-corrected chi connectivity index (χ3v) is 3.18. The van der Waals surface area contributed by atoms with Gasteiger partial charge in [-0.05, 0) is 25.1 Å². The normalized spacial score (nSPS) is 12.3. The van der Waals surface area contributed by atoms with Crippen molar-refractivity contribution in [2.24, 2.45) is 10.7 Å². The van der Waals surface area contributed by atoms with Crippen LogP contribution in [0.15, 0.2) is 53.8 Å². The number of aliphatic imine (C=N–C) groups is 1. The van der Waals surface area contributed by atoms with Crippen molar-refractivity contribution in [2.75, 3.05) is 0 Å². The first kappa shape index (κ1) is 18.8. The number of amidine groups is 2. The van der Waals surface area contributed by atoms with E-state index < -0.39 is 23.2 Å². The van der Waals surface area contributed by atoms with Gasteiger partial charge >= 0.3 is 5.92 Å². The molecule has 1 aromatic carbocycles. The minimum atomic E-state index is -3.62. The van der Waals surface area contributed by atoms with Gasteiger partial charge in [-0.1, -0.05) is 18.2 Å². The molecule has 0 bridgehead atoms. The summed E-state index contributed by atoms with van der Waals surface area (Å²) in [5, 5.41) is 23.9. The van der Waals surface area contributed by atoms with E-state index in [-0.39, 0.29) is 17.3 Å². The van der Waals surface area contributed by atoms with Gasteiger partial charge < -0.3 is 16.2 Å². The van der Waals surface area contributed by atoms with Crippen LogP contribution < -0.4 is 5.73 Å². The molecule has 0 fully saturated rings. The van der Waals surface area contributed by atoms with Gasteiger partial charge in [0.15, 0.2) is 17.4 Å². The summed E-state index contributed by atoms with van der Waals surface area (Å²) in [6.45, 7) is 1.47. The van der Waals surface area contributed by atoms with Crippen molar-refractivity contribution in [2.45, 2.75) is 12.8 Å². The second kappa shape index (κ2) is 7.60. The molecule has 1 aromatic heterocycles. The molecular formula is C17H16F2N6O. The second-order valence-corrected chi connectivity index (χ2v) is 5.32. The molecule has 0 saturated carbocycles. The van der Waals surface area contributed by atoms with E-state index in [2.05, 4.69) is 15.0 Å². The Labute approximate surface area is 148 Å². The van der Waals surface area contributed by atoms with E-state index in [1.807, 2.05) is 0 Å². The molecule has 2 rings (SSSR count). The maximum absolute atomic E-state index is 14.6. The number of alkyl halides is 2. The summed E-state index contributed by atoms with van der Waals surface area (Å²) in [7, 11) is 0. The van der Waals surface area contributed by atoms with Crippen LogP contribution in [0.1, 0.15) is 12.5 Å². The first-order valence-corrected chi connectivity index (χ1v) is 7.36. The van der Waals surface area contributed by atoms with Gasteiger partial charge in [-0.3, -0.25) is 5.41 Å². The Balaban J connectivity index is 2.33. The number of rotatable bonds is 5. The van der Waals surface area contributed by atoms with Crippen molar-refractivity contribution < 1.29 is 13.9 Å². The Bertz CT molecular complexity index is 890. The Morgan fingerprint density at radius 3 is 2.50 bits per heavy atom. The molecule has 0 saturated heterocycles. The number of hydrogen-bond donors (Lipinski definition) is 4. The number of nitrogens with zero attached hydrogens (tertiary/aromatic N) is 3. The monoisotopic (exact) mass is 358 g/mol. The lowest BCUT2D eigenvalue weighted by molar-refractivity contribution is 0.0746. The van der Waals surface area contributed by atoms with Crippen molar-refractivity contribution in [1.29, 1.82) is 10.8 Å². The van der Waals surface area contributed by atoms with Crippen molar-refractivity contribution in [3.05, 3.63) is 54.4 Å². The Hall–Kier alpha value is -3.49. The molecule has 5 N–H and O–H groups in total. The summed E-state index contributed by atoms with van der Waals surface area (Å²) in [6.07, 6.45) is 4.66. The van der Waals surface area contributed by atoms with Gasteiger partial charge in [-0.15, -0.1) is 0 Å². The summed E-state index contributed by atoms with van der Waals surface area (Å²) in [6, 6.07) is 5.27. The number of aromatic hydroxyl groups is 1. The van der Waals surface area contributed by atoms with Crippen LogP contribution in [-0.4, -0.2) is 32.5 Å². The first-order valence-electron chi connectivity index (χ1n) is 7.36. The smallest absolute Gasteiger partial charge is 0.329 e. The minimum absolute atomic E-state index is 0.140. The average Bonchev–Trinajstić information content (AvgIpc) is 2.60. The predicted molar refractivity (Wildman–Crippen MR) is 94.9 cm³/mol. The van der Waals surface area contributed by atoms with Crippen LogP contribution in [0.5, 0.6) is 5.75 Å². The van der Waals surface area contributed by atoms with Crippen molar-refractivity contribution in [1.82, 2.24) is 9.97 Å². The van der Waals surface area contributed by atoms with Crippen molar-refractivity contribution in [3.63, 3.8) is 0 Å².